The van der Waals surface area contributed by atoms with E-state index in [9.17, 15) is 5.11 Å². The van der Waals surface area contributed by atoms with Gasteiger partial charge in [0.15, 0.2) is 0 Å². The van der Waals surface area contributed by atoms with Crippen LogP contribution in [0, 0.1) is 0 Å². The molecule has 3 rings (SSSR count). The van der Waals surface area contributed by atoms with E-state index in [0.29, 0.717) is 5.75 Å². The van der Waals surface area contributed by atoms with Crippen LogP contribution in [0.4, 0.5) is 5.69 Å². The number of benzene rings is 2. The van der Waals surface area contributed by atoms with Crippen LogP contribution < -0.4 is 4.90 Å². The highest BCUT2D eigenvalue weighted by molar-refractivity contribution is 9.10. The zero-order valence-electron chi connectivity index (χ0n) is 12.9. The van der Waals surface area contributed by atoms with Crippen LogP contribution in [0.5, 0.6) is 5.75 Å². The number of fused-ring (bicyclic) bond motifs is 1. The molecule has 0 spiro atoms. The molecule has 3 heteroatoms. The summed E-state index contributed by atoms with van der Waals surface area (Å²) < 4.78 is 0.917. The van der Waals surface area contributed by atoms with Crippen molar-refractivity contribution in [1.82, 2.24) is 0 Å². The van der Waals surface area contributed by atoms with Gasteiger partial charge in [-0.2, -0.15) is 0 Å². The van der Waals surface area contributed by atoms with Crippen LogP contribution in [-0.2, 0) is 0 Å². The highest BCUT2D eigenvalue weighted by atomic mass is 79.9. The maximum atomic E-state index is 10.3. The lowest BCUT2D eigenvalue weighted by atomic mass is 9.92. The molecular formula is C19H22BrNO. The van der Waals surface area contributed by atoms with Gasteiger partial charge in [-0.15, -0.1) is 0 Å². The van der Waals surface area contributed by atoms with Crippen molar-refractivity contribution in [3.8, 4) is 5.75 Å². The van der Waals surface area contributed by atoms with Crippen molar-refractivity contribution in [3.63, 3.8) is 0 Å². The largest absolute Gasteiger partial charge is 0.508 e. The van der Waals surface area contributed by atoms with Gasteiger partial charge in [-0.25, -0.2) is 0 Å². The summed E-state index contributed by atoms with van der Waals surface area (Å²) >= 11 is 3.42. The molecule has 22 heavy (non-hydrogen) atoms. The first-order chi connectivity index (χ1) is 10.7. The monoisotopic (exact) mass is 359 g/mol. The first-order valence-corrected chi connectivity index (χ1v) is 8.82. The van der Waals surface area contributed by atoms with E-state index in [1.807, 2.05) is 12.1 Å². The van der Waals surface area contributed by atoms with E-state index in [2.05, 4.69) is 52.0 Å². The zero-order valence-corrected chi connectivity index (χ0v) is 14.5. The molecule has 0 fully saturated rings. The van der Waals surface area contributed by atoms with Gasteiger partial charge < -0.3 is 10.0 Å². The van der Waals surface area contributed by atoms with Gasteiger partial charge in [0, 0.05) is 34.7 Å². The van der Waals surface area contributed by atoms with E-state index in [1.165, 1.54) is 30.5 Å². The Morgan fingerprint density at radius 1 is 1.14 bits per heavy atom. The number of phenolic OH excluding ortho intramolecular Hbond substituents is 1. The number of hydrogen-bond donors (Lipinski definition) is 1. The number of hydrogen-bond acceptors (Lipinski definition) is 2. The summed E-state index contributed by atoms with van der Waals surface area (Å²) in [5.41, 5.74) is 3.68. The number of rotatable bonds is 5. The quantitative estimate of drug-likeness (QED) is 0.732. The first kappa shape index (κ1) is 15.4. The molecule has 116 valence electrons. The van der Waals surface area contributed by atoms with Crippen molar-refractivity contribution in [1.29, 1.82) is 0 Å². The highest BCUT2D eigenvalue weighted by Gasteiger charge is 2.30. The third-order valence-corrected chi connectivity index (χ3v) is 4.95. The summed E-state index contributed by atoms with van der Waals surface area (Å²) in [7, 11) is 0. The molecule has 2 aromatic rings. The van der Waals surface area contributed by atoms with E-state index in [4.69, 9.17) is 0 Å². The highest BCUT2D eigenvalue weighted by Crippen LogP contribution is 2.43. The van der Waals surface area contributed by atoms with Crippen LogP contribution in [0.2, 0.25) is 0 Å². The number of unbranched alkanes of at least 4 members (excludes halogenated alkanes) is 2. The lowest BCUT2D eigenvalue weighted by Gasteiger charge is -2.20. The Balaban J connectivity index is 1.90. The molecule has 0 aliphatic carbocycles. The summed E-state index contributed by atoms with van der Waals surface area (Å²) in [5, 5.41) is 10.3. The molecule has 0 aromatic heterocycles. The second-order valence-electron chi connectivity index (χ2n) is 5.97. The standard InChI is InChI=1S/C19H22BrNO/c1-2-3-6-11-21-13-17(15-7-4-5-8-18(15)21)16-10-9-14(20)12-19(16)22/h4-5,7-10,12,17,22H,2-3,6,11,13H2,1H3. The molecule has 1 aliphatic rings. The minimum absolute atomic E-state index is 0.255. The van der Waals surface area contributed by atoms with Gasteiger partial charge in [0.25, 0.3) is 0 Å². The van der Waals surface area contributed by atoms with Crippen LogP contribution >= 0.6 is 15.9 Å². The third-order valence-electron chi connectivity index (χ3n) is 4.46. The lowest BCUT2D eigenvalue weighted by Crippen LogP contribution is -2.23. The normalized spacial score (nSPS) is 16.8. The summed E-state index contributed by atoms with van der Waals surface area (Å²) in [6.07, 6.45) is 3.74. The number of halogens is 1. The molecule has 0 saturated carbocycles. The van der Waals surface area contributed by atoms with Gasteiger partial charge >= 0.3 is 0 Å². The number of para-hydroxylation sites is 1. The fraction of sp³-hybridized carbons (Fsp3) is 0.368. The van der Waals surface area contributed by atoms with Gasteiger partial charge in [-0.05, 0) is 30.2 Å². The van der Waals surface area contributed by atoms with Crippen molar-refractivity contribution >= 4 is 21.6 Å². The SMILES string of the molecule is CCCCCN1CC(c2ccc(Br)cc2O)c2ccccc21. The Morgan fingerprint density at radius 2 is 1.95 bits per heavy atom. The summed E-state index contributed by atoms with van der Waals surface area (Å²) in [4.78, 5) is 2.47. The second kappa shape index (κ2) is 6.74. The number of phenols is 1. The molecule has 1 N–H and O–H groups in total. The maximum Gasteiger partial charge on any atom is 0.120 e. The van der Waals surface area contributed by atoms with E-state index >= 15 is 0 Å². The zero-order chi connectivity index (χ0) is 15.5. The molecule has 1 heterocycles. The van der Waals surface area contributed by atoms with Crippen molar-refractivity contribution < 1.29 is 5.11 Å². The minimum Gasteiger partial charge on any atom is -0.508 e. The summed E-state index contributed by atoms with van der Waals surface area (Å²) in [6.45, 7) is 4.29. The first-order valence-electron chi connectivity index (χ1n) is 8.03. The van der Waals surface area contributed by atoms with E-state index in [-0.39, 0.29) is 5.92 Å². The third kappa shape index (κ3) is 3.00. The second-order valence-corrected chi connectivity index (χ2v) is 6.88. The topological polar surface area (TPSA) is 23.5 Å². The van der Waals surface area contributed by atoms with Crippen LogP contribution in [-0.4, -0.2) is 18.2 Å². The van der Waals surface area contributed by atoms with E-state index in [0.717, 1.165) is 23.1 Å². The van der Waals surface area contributed by atoms with Crippen LogP contribution in [0.3, 0.4) is 0 Å². The molecule has 1 aliphatic heterocycles. The molecule has 0 radical (unpaired) electrons. The van der Waals surface area contributed by atoms with Crippen LogP contribution in [0.25, 0.3) is 0 Å². The average Bonchev–Trinajstić information content (AvgIpc) is 2.87. The molecule has 2 aromatic carbocycles. The Morgan fingerprint density at radius 3 is 2.73 bits per heavy atom. The smallest absolute Gasteiger partial charge is 0.120 e. The van der Waals surface area contributed by atoms with Gasteiger partial charge in [0.05, 0.1) is 0 Å². The molecule has 0 bridgehead atoms. The molecule has 1 atom stereocenters. The van der Waals surface area contributed by atoms with Gasteiger partial charge in [-0.3, -0.25) is 0 Å². The predicted molar refractivity (Wildman–Crippen MR) is 95.8 cm³/mol. The molecule has 0 amide bonds. The molecular weight excluding hydrogens is 338 g/mol. The van der Waals surface area contributed by atoms with Crippen LogP contribution in [0.15, 0.2) is 46.9 Å². The number of aromatic hydroxyl groups is 1. The number of nitrogens with zero attached hydrogens (tertiary/aromatic N) is 1. The average molecular weight is 360 g/mol. The van der Waals surface area contributed by atoms with Crippen molar-refractivity contribution in [3.05, 3.63) is 58.1 Å². The van der Waals surface area contributed by atoms with Gasteiger partial charge in [0.1, 0.15) is 5.75 Å². The predicted octanol–water partition coefficient (Wildman–Crippen LogP) is 5.30. The Bertz CT molecular complexity index is 656. The molecule has 0 saturated heterocycles. The van der Waals surface area contributed by atoms with E-state index < -0.39 is 0 Å². The molecule has 2 nitrogen and oxygen atoms in total. The van der Waals surface area contributed by atoms with Crippen molar-refractivity contribution in [2.45, 2.75) is 32.1 Å². The molecule has 1 unspecified atom stereocenters. The van der Waals surface area contributed by atoms with Crippen molar-refractivity contribution in [2.24, 2.45) is 0 Å². The van der Waals surface area contributed by atoms with Gasteiger partial charge in [-0.1, -0.05) is 60.0 Å². The lowest BCUT2D eigenvalue weighted by molar-refractivity contribution is 0.465. The fourth-order valence-electron chi connectivity index (χ4n) is 3.33. The van der Waals surface area contributed by atoms with Crippen molar-refractivity contribution in [2.75, 3.05) is 18.0 Å². The Kier molecular flexibility index (Phi) is 4.72. The Hall–Kier alpha value is -1.48. The minimum atomic E-state index is 0.255. The van der Waals surface area contributed by atoms with Crippen LogP contribution in [0.1, 0.15) is 43.2 Å². The Labute approximate surface area is 140 Å². The summed E-state index contributed by atoms with van der Waals surface area (Å²) in [6, 6.07) is 14.4. The maximum absolute atomic E-state index is 10.3. The summed E-state index contributed by atoms with van der Waals surface area (Å²) in [5.74, 6) is 0.635. The number of anilines is 1. The fourth-order valence-corrected chi connectivity index (χ4v) is 3.68. The van der Waals surface area contributed by atoms with Gasteiger partial charge in [0.2, 0.25) is 0 Å². The van der Waals surface area contributed by atoms with E-state index in [1.54, 1.807) is 6.07 Å².